The first-order valence-corrected chi connectivity index (χ1v) is 15.8. The summed E-state index contributed by atoms with van der Waals surface area (Å²) in [4.78, 5) is 53.2. The van der Waals surface area contributed by atoms with Crippen molar-refractivity contribution in [3.63, 3.8) is 0 Å². The maximum Gasteiger partial charge on any atom is 0.415 e. The molecule has 5 atom stereocenters. The number of cyclic esters (lactones) is 1. The first kappa shape index (κ1) is 34.4. The largest absolute Gasteiger partial charge is 0.434 e. The van der Waals surface area contributed by atoms with Gasteiger partial charge in [-0.25, -0.2) is 4.79 Å². The van der Waals surface area contributed by atoms with Crippen LogP contribution in [-0.2, 0) is 32.0 Å². The van der Waals surface area contributed by atoms with Gasteiger partial charge in [0.2, 0.25) is 5.91 Å². The monoisotopic (exact) mass is 627 g/mol. The van der Waals surface area contributed by atoms with Crippen LogP contribution in [0.2, 0.25) is 0 Å². The van der Waals surface area contributed by atoms with Crippen molar-refractivity contribution in [2.24, 2.45) is 11.3 Å². The summed E-state index contributed by atoms with van der Waals surface area (Å²) in [5.41, 5.74) is 2.05. The van der Waals surface area contributed by atoms with E-state index in [1.807, 2.05) is 87.5 Å². The highest BCUT2D eigenvalue weighted by atomic mass is 16.6. The summed E-state index contributed by atoms with van der Waals surface area (Å²) in [5.74, 6) is -1.17. The van der Waals surface area contributed by atoms with Crippen molar-refractivity contribution >= 4 is 29.4 Å². The minimum atomic E-state index is -1.05. The first-order valence-electron chi connectivity index (χ1n) is 15.8. The number of carbonyl (C=O) groups is 4. The van der Waals surface area contributed by atoms with E-state index in [0.29, 0.717) is 18.5 Å². The van der Waals surface area contributed by atoms with E-state index in [4.69, 9.17) is 4.74 Å². The normalized spacial score (nSPS) is 17.4. The minimum absolute atomic E-state index is 0.0469. The Labute approximate surface area is 271 Å². The van der Waals surface area contributed by atoms with Gasteiger partial charge < -0.3 is 20.5 Å². The molecule has 1 heterocycles. The van der Waals surface area contributed by atoms with Crippen molar-refractivity contribution in [1.29, 1.82) is 0 Å². The number of ether oxygens (including phenoxy) is 1. The number of benzene rings is 3. The lowest BCUT2D eigenvalue weighted by Gasteiger charge is -2.32. The predicted octanol–water partition coefficient (Wildman–Crippen LogP) is 4.86. The van der Waals surface area contributed by atoms with E-state index < -0.39 is 41.7 Å². The molecule has 0 radical (unpaired) electrons. The zero-order chi connectivity index (χ0) is 33.3. The molecule has 9 nitrogen and oxygen atoms in total. The van der Waals surface area contributed by atoms with E-state index in [-0.39, 0.29) is 37.0 Å². The minimum Gasteiger partial charge on any atom is -0.434 e. The molecule has 1 saturated heterocycles. The third kappa shape index (κ3) is 9.75. The van der Waals surface area contributed by atoms with E-state index in [0.717, 1.165) is 11.1 Å². The Bertz CT molecular complexity index is 1460. The molecular formula is C37H45N3O6. The average molecular weight is 628 g/mol. The van der Waals surface area contributed by atoms with Crippen LogP contribution in [0.5, 0.6) is 0 Å². The van der Waals surface area contributed by atoms with Gasteiger partial charge in [0.05, 0.1) is 24.7 Å². The number of nitrogens with zero attached hydrogens (tertiary/aromatic N) is 1. The van der Waals surface area contributed by atoms with Gasteiger partial charge in [-0.1, -0.05) is 99.6 Å². The lowest BCUT2D eigenvalue weighted by molar-refractivity contribution is -0.130. The molecule has 9 heteroatoms. The Kier molecular flexibility index (Phi) is 11.7. The summed E-state index contributed by atoms with van der Waals surface area (Å²) >= 11 is 0. The zero-order valence-corrected chi connectivity index (χ0v) is 27.0. The third-order valence-electron chi connectivity index (χ3n) is 8.23. The standard InChI is InChI=1S/C37H45N3O6/c1-25(41)38-34(37(2,3)4)32(43)23-28(20-26-14-8-5-9-15-26)22-31(42)30(21-27-16-10-6-11-17-27)39-35(44)33-24-40(36(45)46-33)29-18-12-7-13-19-29/h5-19,28,30-31,33-34,42H,20-24H2,1-4H3,(H,38,41)(H,39,44)/t28-,30-,31-,33-,34+/m0/s1. The number of rotatable bonds is 14. The van der Waals surface area contributed by atoms with E-state index in [1.165, 1.54) is 11.8 Å². The van der Waals surface area contributed by atoms with Crippen molar-refractivity contribution in [1.82, 2.24) is 10.6 Å². The second kappa shape index (κ2) is 15.7. The van der Waals surface area contributed by atoms with Crippen LogP contribution in [0, 0.1) is 11.3 Å². The molecule has 0 spiro atoms. The third-order valence-corrected chi connectivity index (χ3v) is 8.23. The summed E-state index contributed by atoms with van der Waals surface area (Å²) < 4.78 is 5.44. The van der Waals surface area contributed by atoms with Gasteiger partial charge in [0.15, 0.2) is 11.9 Å². The summed E-state index contributed by atoms with van der Waals surface area (Å²) in [6.45, 7) is 7.17. The van der Waals surface area contributed by atoms with Crippen LogP contribution in [0.1, 0.15) is 51.7 Å². The molecule has 1 fully saturated rings. The highest BCUT2D eigenvalue weighted by Crippen LogP contribution is 2.27. The van der Waals surface area contributed by atoms with Crippen LogP contribution in [0.3, 0.4) is 0 Å². The SMILES string of the molecule is CC(=O)N[C@H](C(=O)C[C@@H](Cc1ccccc1)C[C@H](O)[C@H](Cc1ccccc1)NC(=O)[C@@H]1CN(c2ccccc2)C(=O)O1)C(C)(C)C. The number of anilines is 1. The Morgan fingerprint density at radius 2 is 1.41 bits per heavy atom. The predicted molar refractivity (Wildman–Crippen MR) is 177 cm³/mol. The summed E-state index contributed by atoms with van der Waals surface area (Å²) in [6.07, 6.45) is -1.48. The van der Waals surface area contributed by atoms with Gasteiger partial charge in [-0.05, 0) is 53.9 Å². The quantitative estimate of drug-likeness (QED) is 0.235. The smallest absolute Gasteiger partial charge is 0.415 e. The number of carbonyl (C=O) groups excluding carboxylic acids is 4. The van der Waals surface area contributed by atoms with Crippen LogP contribution in [0.4, 0.5) is 10.5 Å². The average Bonchev–Trinajstić information content (AvgIpc) is 3.42. The number of hydrogen-bond acceptors (Lipinski definition) is 6. The Morgan fingerprint density at radius 1 is 0.870 bits per heavy atom. The lowest BCUT2D eigenvalue weighted by atomic mass is 9.79. The van der Waals surface area contributed by atoms with Crippen molar-refractivity contribution in [2.45, 2.75) is 77.7 Å². The second-order valence-electron chi connectivity index (χ2n) is 13.2. The van der Waals surface area contributed by atoms with E-state index >= 15 is 0 Å². The fourth-order valence-electron chi connectivity index (χ4n) is 5.92. The van der Waals surface area contributed by atoms with Gasteiger partial charge >= 0.3 is 6.09 Å². The molecule has 0 unspecified atom stereocenters. The number of Topliss-reactive ketones (excluding diaryl/α,β-unsaturated/α-hetero) is 1. The highest BCUT2D eigenvalue weighted by Gasteiger charge is 2.39. The van der Waals surface area contributed by atoms with Crippen molar-refractivity contribution in [3.05, 3.63) is 102 Å². The van der Waals surface area contributed by atoms with E-state index in [9.17, 15) is 24.3 Å². The number of hydrogen-bond donors (Lipinski definition) is 3. The molecule has 4 rings (SSSR count). The van der Waals surface area contributed by atoms with Crippen LogP contribution in [-0.4, -0.2) is 59.6 Å². The Morgan fingerprint density at radius 3 is 1.96 bits per heavy atom. The number of aliphatic hydroxyl groups is 1. The van der Waals surface area contributed by atoms with Crippen LogP contribution < -0.4 is 15.5 Å². The van der Waals surface area contributed by atoms with Gasteiger partial charge in [-0.2, -0.15) is 0 Å². The van der Waals surface area contributed by atoms with Gasteiger partial charge in [0, 0.05) is 19.0 Å². The highest BCUT2D eigenvalue weighted by molar-refractivity contribution is 5.95. The maximum atomic E-state index is 13.7. The Balaban J connectivity index is 1.54. The molecule has 3 aromatic carbocycles. The molecule has 1 aliphatic rings. The summed E-state index contributed by atoms with van der Waals surface area (Å²) in [6, 6.07) is 26.8. The Hall–Kier alpha value is -4.50. The summed E-state index contributed by atoms with van der Waals surface area (Å²) in [7, 11) is 0. The van der Waals surface area contributed by atoms with Gasteiger partial charge in [0.1, 0.15) is 0 Å². The molecule has 0 bridgehead atoms. The van der Waals surface area contributed by atoms with Gasteiger partial charge in [-0.15, -0.1) is 0 Å². The molecule has 0 saturated carbocycles. The number of para-hydroxylation sites is 1. The van der Waals surface area contributed by atoms with Gasteiger partial charge in [0.25, 0.3) is 5.91 Å². The lowest BCUT2D eigenvalue weighted by Crippen LogP contribution is -2.50. The number of ketones is 1. The van der Waals surface area contributed by atoms with Crippen molar-refractivity contribution in [3.8, 4) is 0 Å². The van der Waals surface area contributed by atoms with Crippen LogP contribution in [0.15, 0.2) is 91.0 Å². The molecule has 0 aromatic heterocycles. The zero-order valence-electron chi connectivity index (χ0n) is 27.0. The fraction of sp³-hybridized carbons (Fsp3) is 0.405. The molecule has 3 amide bonds. The molecule has 244 valence electrons. The van der Waals surface area contributed by atoms with E-state index in [1.54, 1.807) is 24.3 Å². The van der Waals surface area contributed by atoms with Gasteiger partial charge in [-0.3, -0.25) is 19.3 Å². The number of nitrogens with one attached hydrogen (secondary N) is 2. The fourth-order valence-corrected chi connectivity index (χ4v) is 5.92. The second-order valence-corrected chi connectivity index (χ2v) is 13.2. The number of aliphatic hydroxyl groups excluding tert-OH is 1. The molecule has 46 heavy (non-hydrogen) atoms. The first-order chi connectivity index (χ1) is 21.9. The topological polar surface area (TPSA) is 125 Å². The molecule has 1 aliphatic heterocycles. The summed E-state index contributed by atoms with van der Waals surface area (Å²) in [5, 5.41) is 17.5. The van der Waals surface area contributed by atoms with Crippen molar-refractivity contribution in [2.75, 3.05) is 11.4 Å². The molecular weight excluding hydrogens is 582 g/mol. The number of amides is 3. The van der Waals surface area contributed by atoms with Crippen molar-refractivity contribution < 1.29 is 29.0 Å². The molecule has 3 aromatic rings. The van der Waals surface area contributed by atoms with E-state index in [2.05, 4.69) is 10.6 Å². The maximum absolute atomic E-state index is 13.7. The molecule has 0 aliphatic carbocycles. The van der Waals surface area contributed by atoms with Crippen LogP contribution in [0.25, 0.3) is 0 Å². The molecule has 3 N–H and O–H groups in total. The van der Waals surface area contributed by atoms with Crippen LogP contribution >= 0.6 is 0 Å².